The average molecular weight is 562 g/mol. The lowest BCUT2D eigenvalue weighted by Crippen LogP contribution is -1.95. The van der Waals surface area contributed by atoms with Gasteiger partial charge in [0.2, 0.25) is 0 Å². The van der Waals surface area contributed by atoms with Gasteiger partial charge in [-0.2, -0.15) is 0 Å². The van der Waals surface area contributed by atoms with Crippen LogP contribution in [0.5, 0.6) is 0 Å². The number of thiophene rings is 2. The van der Waals surface area contributed by atoms with E-state index in [2.05, 4.69) is 29.1 Å². The summed E-state index contributed by atoms with van der Waals surface area (Å²) in [7, 11) is 0. The molecule has 2 aromatic heterocycles. The highest BCUT2D eigenvalue weighted by molar-refractivity contribution is 9.11. The summed E-state index contributed by atoms with van der Waals surface area (Å²) in [5.74, 6) is -0.602. The van der Waals surface area contributed by atoms with E-state index < -0.39 is 0 Å². The number of halogens is 3. The maximum atomic E-state index is 13.2. The molecule has 0 saturated carbocycles. The lowest BCUT2D eigenvalue weighted by molar-refractivity contribution is 0.627. The topological polar surface area (TPSA) is 52.0 Å². The van der Waals surface area contributed by atoms with Crippen LogP contribution in [0.15, 0.2) is 76.2 Å². The Bertz CT molecular complexity index is 1190. The van der Waals surface area contributed by atoms with Crippen LogP contribution in [-0.2, 0) is 0 Å². The molecule has 0 aliphatic carbocycles. The zero-order valence-corrected chi connectivity index (χ0v) is 22.5. The molecule has 4 rings (SSSR count). The summed E-state index contributed by atoms with van der Waals surface area (Å²) >= 11 is 6.63. The maximum Gasteiger partial charge on any atom is 0.123 e. The molecule has 178 valence electrons. The quantitative estimate of drug-likeness (QED) is 0.244. The molecular formula is C27H27BrF2N2S2. The maximum absolute atomic E-state index is 13.2. The van der Waals surface area contributed by atoms with Gasteiger partial charge in [0, 0.05) is 32.9 Å². The van der Waals surface area contributed by atoms with E-state index in [4.69, 9.17) is 11.5 Å². The SMILES string of the molecule is C=C(c1cc(F)ccc1N)c1ccsc1Br.C=C(c1cc(F)ccc1N)c1ccsc1C.CC. The first-order valence-electron chi connectivity index (χ1n) is 10.5. The monoisotopic (exact) mass is 560 g/mol. The minimum absolute atomic E-state index is 0.293. The van der Waals surface area contributed by atoms with Crippen molar-refractivity contribution >= 4 is 61.1 Å². The predicted octanol–water partition coefficient (Wildman–Crippen LogP) is 9.16. The number of hydrogen-bond donors (Lipinski definition) is 2. The van der Waals surface area contributed by atoms with Crippen LogP contribution in [0.1, 0.15) is 41.0 Å². The molecule has 2 aromatic carbocycles. The first-order chi connectivity index (χ1) is 16.2. The number of aryl methyl sites for hydroxylation is 1. The van der Waals surface area contributed by atoms with E-state index in [1.165, 1.54) is 24.3 Å². The summed E-state index contributed by atoms with van der Waals surface area (Å²) in [5.41, 5.74) is 17.5. The van der Waals surface area contributed by atoms with Gasteiger partial charge in [-0.1, -0.05) is 27.0 Å². The second-order valence-electron chi connectivity index (χ2n) is 6.92. The van der Waals surface area contributed by atoms with Crippen LogP contribution in [-0.4, -0.2) is 0 Å². The normalized spacial score (nSPS) is 9.94. The van der Waals surface area contributed by atoms with E-state index in [0.29, 0.717) is 22.5 Å². The van der Waals surface area contributed by atoms with Gasteiger partial charge in [0.15, 0.2) is 0 Å². The van der Waals surface area contributed by atoms with Crippen LogP contribution in [0.2, 0.25) is 0 Å². The minimum atomic E-state index is -0.309. The summed E-state index contributed by atoms with van der Waals surface area (Å²) in [5, 5.41) is 3.94. The molecule has 34 heavy (non-hydrogen) atoms. The van der Waals surface area contributed by atoms with Gasteiger partial charge in [-0.25, -0.2) is 8.78 Å². The number of hydrogen-bond acceptors (Lipinski definition) is 4. The molecule has 0 spiro atoms. The lowest BCUT2D eigenvalue weighted by atomic mass is 9.99. The van der Waals surface area contributed by atoms with Gasteiger partial charge in [-0.3, -0.25) is 0 Å². The Kier molecular flexibility index (Phi) is 10.2. The van der Waals surface area contributed by atoms with E-state index >= 15 is 0 Å². The lowest BCUT2D eigenvalue weighted by Gasteiger charge is -2.09. The Morgan fingerprint density at radius 1 is 0.735 bits per heavy atom. The third kappa shape index (κ3) is 6.65. The molecule has 0 aliphatic rings. The first-order valence-corrected chi connectivity index (χ1v) is 13.0. The van der Waals surface area contributed by atoms with Crippen LogP contribution in [0.3, 0.4) is 0 Å². The molecule has 0 unspecified atom stereocenters. The van der Waals surface area contributed by atoms with Crippen molar-refractivity contribution in [2.45, 2.75) is 20.8 Å². The molecule has 2 nitrogen and oxygen atoms in total. The van der Waals surface area contributed by atoms with E-state index in [9.17, 15) is 8.78 Å². The summed E-state index contributed by atoms with van der Waals surface area (Å²) in [6, 6.07) is 12.6. The molecule has 0 bridgehead atoms. The zero-order chi connectivity index (χ0) is 25.4. The van der Waals surface area contributed by atoms with Crippen molar-refractivity contribution in [2.24, 2.45) is 0 Å². The molecule has 4 N–H and O–H groups in total. The second kappa shape index (κ2) is 12.6. The summed E-state index contributed by atoms with van der Waals surface area (Å²) in [6.07, 6.45) is 0. The summed E-state index contributed by atoms with van der Waals surface area (Å²) in [4.78, 5) is 1.16. The van der Waals surface area contributed by atoms with Crippen molar-refractivity contribution in [1.29, 1.82) is 0 Å². The Morgan fingerprint density at radius 3 is 1.59 bits per heavy atom. The van der Waals surface area contributed by atoms with Crippen LogP contribution in [0.25, 0.3) is 11.1 Å². The fourth-order valence-electron chi connectivity index (χ4n) is 3.08. The van der Waals surface area contributed by atoms with Gasteiger partial charge in [-0.05, 0) is 98.9 Å². The number of anilines is 2. The number of nitrogens with two attached hydrogens (primary N) is 2. The largest absolute Gasteiger partial charge is 0.398 e. The molecule has 2 heterocycles. The number of benzene rings is 2. The van der Waals surface area contributed by atoms with Crippen LogP contribution in [0, 0.1) is 18.6 Å². The van der Waals surface area contributed by atoms with E-state index in [1.807, 2.05) is 43.7 Å². The molecular weight excluding hydrogens is 534 g/mol. The minimum Gasteiger partial charge on any atom is -0.398 e. The smallest absolute Gasteiger partial charge is 0.123 e. The van der Waals surface area contributed by atoms with Gasteiger partial charge >= 0.3 is 0 Å². The van der Waals surface area contributed by atoms with Gasteiger partial charge in [-0.15, -0.1) is 22.7 Å². The molecule has 0 aliphatic heterocycles. The predicted molar refractivity (Wildman–Crippen MR) is 150 cm³/mol. The molecule has 0 saturated heterocycles. The molecule has 4 aromatic rings. The Morgan fingerprint density at radius 2 is 1.18 bits per heavy atom. The fraction of sp³-hybridized carbons (Fsp3) is 0.111. The Hall–Kier alpha value is -2.74. The Balaban J connectivity index is 0.000000224. The van der Waals surface area contributed by atoms with Crippen molar-refractivity contribution in [2.75, 3.05) is 11.5 Å². The third-order valence-corrected chi connectivity index (χ3v) is 7.34. The zero-order valence-electron chi connectivity index (χ0n) is 19.3. The van der Waals surface area contributed by atoms with E-state index in [-0.39, 0.29) is 11.6 Å². The third-order valence-electron chi connectivity index (χ3n) is 4.81. The van der Waals surface area contributed by atoms with Crippen LogP contribution < -0.4 is 11.5 Å². The summed E-state index contributed by atoms with van der Waals surface area (Å²) in [6.45, 7) is 14.0. The van der Waals surface area contributed by atoms with Gasteiger partial charge in [0.05, 0.1) is 3.79 Å². The van der Waals surface area contributed by atoms with Gasteiger partial charge in [0.1, 0.15) is 11.6 Å². The standard InChI is InChI=1S/C13H12FNS.C12H9BrFNS.C2H6/c1-8(11-5-6-16-9(11)2)12-7-10(14)3-4-13(12)15;1-7(9-4-5-16-12(9)13)10-6-8(14)2-3-11(10)15;1-2/h3-7H,1,15H2,2H3;2-6H,1,15H2;1-2H3. The second-order valence-corrected chi connectivity index (χ2v) is 10.3. The molecule has 7 heteroatoms. The van der Waals surface area contributed by atoms with Crippen LogP contribution >= 0.6 is 38.6 Å². The highest BCUT2D eigenvalue weighted by Gasteiger charge is 2.12. The Labute approximate surface area is 216 Å². The molecule has 0 amide bonds. The average Bonchev–Trinajstić information content (AvgIpc) is 3.46. The van der Waals surface area contributed by atoms with Gasteiger partial charge in [0.25, 0.3) is 0 Å². The van der Waals surface area contributed by atoms with E-state index in [0.717, 1.165) is 30.9 Å². The van der Waals surface area contributed by atoms with Crippen LogP contribution in [0.4, 0.5) is 20.2 Å². The van der Waals surface area contributed by atoms with Crippen molar-refractivity contribution in [3.8, 4) is 0 Å². The highest BCUT2D eigenvalue weighted by atomic mass is 79.9. The molecule has 0 radical (unpaired) electrons. The number of rotatable bonds is 4. The highest BCUT2D eigenvalue weighted by Crippen LogP contribution is 2.35. The van der Waals surface area contributed by atoms with Crippen molar-refractivity contribution in [3.05, 3.63) is 115 Å². The van der Waals surface area contributed by atoms with Crippen molar-refractivity contribution < 1.29 is 8.78 Å². The first kappa shape index (κ1) is 27.5. The fourth-order valence-corrected chi connectivity index (χ4v) is 5.14. The van der Waals surface area contributed by atoms with Crippen molar-refractivity contribution in [3.63, 3.8) is 0 Å². The van der Waals surface area contributed by atoms with E-state index in [1.54, 1.807) is 34.8 Å². The molecule has 0 atom stereocenters. The molecule has 0 fully saturated rings. The number of nitrogen functional groups attached to an aromatic ring is 2. The summed E-state index contributed by atoms with van der Waals surface area (Å²) < 4.78 is 27.3. The van der Waals surface area contributed by atoms with Crippen molar-refractivity contribution in [1.82, 2.24) is 0 Å². The van der Waals surface area contributed by atoms with Gasteiger partial charge < -0.3 is 11.5 Å².